The number of aliphatic imine (C=N–C) groups is 2. The van der Waals surface area contributed by atoms with E-state index in [1.165, 1.54) is 0 Å². The van der Waals surface area contributed by atoms with E-state index >= 15 is 0 Å². The van der Waals surface area contributed by atoms with Gasteiger partial charge in [-0.25, -0.2) is 5.48 Å². The molecule has 0 aliphatic carbocycles. The molecule has 0 spiro atoms. The van der Waals surface area contributed by atoms with Gasteiger partial charge in [0.1, 0.15) is 12.1 Å². The molecule has 0 aromatic heterocycles. The van der Waals surface area contributed by atoms with Crippen molar-refractivity contribution in [2.45, 2.75) is 37.8 Å². The van der Waals surface area contributed by atoms with Crippen LogP contribution in [0.1, 0.15) is 25.7 Å². The maximum Gasteiger partial charge on any atom is 0.320 e. The van der Waals surface area contributed by atoms with Crippen LogP contribution in [-0.4, -0.2) is 64.5 Å². The average Bonchev–Trinajstić information content (AvgIpc) is 2.54. The molecule has 146 valence electrons. The molecule has 0 aromatic carbocycles. The summed E-state index contributed by atoms with van der Waals surface area (Å²) in [6, 6.07) is -1.68. The minimum Gasteiger partial charge on any atom is -0.480 e. The molecule has 0 amide bonds. The number of nitrogens with one attached hydrogen (secondary N) is 1. The molecule has 0 aliphatic rings. The third-order valence-corrected chi connectivity index (χ3v) is 2.67. The Bertz CT molecular complexity index is 453. The van der Waals surface area contributed by atoms with Crippen molar-refractivity contribution in [2.75, 3.05) is 13.1 Å². The molecule has 13 heteroatoms. The van der Waals surface area contributed by atoms with Crippen LogP contribution in [0.5, 0.6) is 0 Å². The fraction of sp³-hybridized carbons (Fsp3) is 0.667. The maximum absolute atomic E-state index is 10.2. The lowest BCUT2D eigenvalue weighted by Crippen LogP contribution is -2.30. The van der Waals surface area contributed by atoms with Gasteiger partial charge in [-0.05, 0) is 25.7 Å². The first-order valence-corrected chi connectivity index (χ1v) is 7.34. The Morgan fingerprint density at radius 3 is 1.60 bits per heavy atom. The molecular weight excluding hydrogens is 336 g/mol. The van der Waals surface area contributed by atoms with E-state index in [9.17, 15) is 9.59 Å². The summed E-state index contributed by atoms with van der Waals surface area (Å²) in [6.07, 6.45) is 1.80. The lowest BCUT2D eigenvalue weighted by atomic mass is 10.2. The van der Waals surface area contributed by atoms with Gasteiger partial charge in [-0.2, -0.15) is 0 Å². The average molecular weight is 364 g/mol. The van der Waals surface area contributed by atoms with E-state index in [2.05, 4.69) is 9.98 Å². The fourth-order valence-corrected chi connectivity index (χ4v) is 1.31. The van der Waals surface area contributed by atoms with Crippen LogP contribution >= 0.6 is 0 Å². The van der Waals surface area contributed by atoms with Crippen molar-refractivity contribution in [2.24, 2.45) is 38.7 Å². The number of hydrogen-bond acceptors (Lipinski definition) is 7. The Kier molecular flexibility index (Phi) is 14.7. The SMILES string of the molecule is NC(=NCCC[C@H](N)C(=O)O)NO.NC(N)=NCCC[C@H](N)C(=O)O. The lowest BCUT2D eigenvalue weighted by molar-refractivity contribution is -0.139. The highest BCUT2D eigenvalue weighted by Gasteiger charge is 2.10. The largest absolute Gasteiger partial charge is 0.480 e. The second-order valence-corrected chi connectivity index (χ2v) is 4.86. The van der Waals surface area contributed by atoms with Gasteiger partial charge in [0.05, 0.1) is 0 Å². The van der Waals surface area contributed by atoms with Gasteiger partial charge < -0.3 is 38.9 Å². The first-order valence-electron chi connectivity index (χ1n) is 7.34. The number of hydroxylamine groups is 1. The van der Waals surface area contributed by atoms with E-state index < -0.39 is 24.0 Å². The first kappa shape index (κ1) is 24.6. The number of nitrogens with zero attached hydrogens (tertiary/aromatic N) is 2. The van der Waals surface area contributed by atoms with Gasteiger partial charge in [-0.1, -0.05) is 0 Å². The van der Waals surface area contributed by atoms with Crippen LogP contribution in [0.4, 0.5) is 0 Å². The van der Waals surface area contributed by atoms with E-state index in [1.807, 2.05) is 0 Å². The van der Waals surface area contributed by atoms with Crippen molar-refractivity contribution in [1.82, 2.24) is 5.48 Å². The quantitative estimate of drug-likeness (QED) is 0.0811. The Morgan fingerprint density at radius 2 is 1.28 bits per heavy atom. The second-order valence-electron chi connectivity index (χ2n) is 4.86. The van der Waals surface area contributed by atoms with Crippen LogP contribution in [0.25, 0.3) is 0 Å². The summed E-state index contributed by atoms with van der Waals surface area (Å²) >= 11 is 0. The highest BCUT2D eigenvalue weighted by Crippen LogP contribution is 1.95. The Labute approximate surface area is 144 Å². The number of aliphatic carboxylic acids is 2. The zero-order valence-corrected chi connectivity index (χ0v) is 13.8. The molecule has 0 rings (SSSR count). The van der Waals surface area contributed by atoms with E-state index in [4.69, 9.17) is 44.1 Å². The molecule has 13 nitrogen and oxygen atoms in total. The molecule has 0 aromatic rings. The van der Waals surface area contributed by atoms with Crippen molar-refractivity contribution in [3.8, 4) is 0 Å². The van der Waals surface area contributed by atoms with Gasteiger partial charge >= 0.3 is 11.9 Å². The molecule has 0 bridgehead atoms. The summed E-state index contributed by atoms with van der Waals surface area (Å²) in [5.41, 5.74) is 27.3. The molecule has 0 unspecified atom stereocenters. The Morgan fingerprint density at radius 1 is 0.880 bits per heavy atom. The number of nitrogens with two attached hydrogens (primary N) is 5. The molecule has 0 saturated heterocycles. The van der Waals surface area contributed by atoms with Crippen LogP contribution in [0.2, 0.25) is 0 Å². The number of carbonyl (C=O) groups is 2. The topological polar surface area (TPSA) is 262 Å². The first-order chi connectivity index (χ1) is 11.6. The van der Waals surface area contributed by atoms with Crippen LogP contribution in [-0.2, 0) is 9.59 Å². The van der Waals surface area contributed by atoms with E-state index in [0.29, 0.717) is 38.8 Å². The zero-order chi connectivity index (χ0) is 19.8. The third kappa shape index (κ3) is 17.5. The van der Waals surface area contributed by atoms with Crippen molar-refractivity contribution in [1.29, 1.82) is 0 Å². The number of carboxylic acids is 2. The second kappa shape index (κ2) is 14.9. The van der Waals surface area contributed by atoms with Gasteiger partial charge in [0.2, 0.25) is 5.96 Å². The summed E-state index contributed by atoms with van der Waals surface area (Å²) in [4.78, 5) is 27.8. The molecule has 14 N–H and O–H groups in total. The summed E-state index contributed by atoms with van der Waals surface area (Å²) < 4.78 is 0. The van der Waals surface area contributed by atoms with Crippen LogP contribution < -0.4 is 34.1 Å². The molecule has 0 fully saturated rings. The lowest BCUT2D eigenvalue weighted by Gasteiger charge is -2.03. The molecular formula is C12H28N8O5. The molecule has 0 saturated carbocycles. The highest BCUT2D eigenvalue weighted by atomic mass is 16.5. The smallest absolute Gasteiger partial charge is 0.320 e. The van der Waals surface area contributed by atoms with E-state index in [0.717, 1.165) is 0 Å². The molecule has 0 radical (unpaired) electrons. The van der Waals surface area contributed by atoms with Crippen LogP contribution in [0.15, 0.2) is 9.98 Å². The number of carboxylic acid groups (broad SMARTS) is 2. The molecule has 2 atom stereocenters. The summed E-state index contributed by atoms with van der Waals surface area (Å²) in [7, 11) is 0. The summed E-state index contributed by atoms with van der Waals surface area (Å²) in [6.45, 7) is 0.754. The van der Waals surface area contributed by atoms with Crippen molar-refractivity contribution in [3.05, 3.63) is 0 Å². The van der Waals surface area contributed by atoms with Gasteiger partial charge in [-0.3, -0.25) is 24.8 Å². The fourth-order valence-electron chi connectivity index (χ4n) is 1.31. The highest BCUT2D eigenvalue weighted by molar-refractivity contribution is 5.76. The Balaban J connectivity index is 0. The maximum atomic E-state index is 10.2. The molecule has 25 heavy (non-hydrogen) atoms. The molecule has 0 aliphatic heterocycles. The van der Waals surface area contributed by atoms with E-state index in [-0.39, 0.29) is 11.9 Å². The van der Waals surface area contributed by atoms with Gasteiger partial charge in [0, 0.05) is 13.1 Å². The zero-order valence-electron chi connectivity index (χ0n) is 13.8. The number of guanidine groups is 2. The Hall–Kier alpha value is -2.64. The summed E-state index contributed by atoms with van der Waals surface area (Å²) in [5.74, 6) is -2.11. The predicted molar refractivity (Wildman–Crippen MR) is 91.8 cm³/mol. The van der Waals surface area contributed by atoms with Crippen molar-refractivity contribution in [3.63, 3.8) is 0 Å². The summed E-state index contributed by atoms with van der Waals surface area (Å²) in [5, 5.41) is 25.0. The minimum atomic E-state index is -1.03. The predicted octanol–water partition coefficient (Wildman–Crippen LogP) is -3.08. The third-order valence-electron chi connectivity index (χ3n) is 2.67. The van der Waals surface area contributed by atoms with E-state index in [1.54, 1.807) is 5.48 Å². The van der Waals surface area contributed by atoms with Crippen molar-refractivity contribution < 1.29 is 25.0 Å². The monoisotopic (exact) mass is 364 g/mol. The normalized spacial score (nSPS) is 13.0. The number of hydrogen-bond donors (Lipinski definition) is 9. The number of rotatable bonds is 10. The van der Waals surface area contributed by atoms with Crippen molar-refractivity contribution >= 4 is 23.9 Å². The van der Waals surface area contributed by atoms with Gasteiger partial charge in [0.25, 0.3) is 0 Å². The minimum absolute atomic E-state index is 0.0129. The van der Waals surface area contributed by atoms with Gasteiger partial charge in [0.15, 0.2) is 5.96 Å². The standard InChI is InChI=1S/C6H14N4O3.C6H14N4O2/c7-4(5(11)12)2-1-3-9-6(8)10-13;7-4(5(11)12)2-1-3-10-6(8)9/h4,13H,1-3,7H2,(H,11,12)(H3,8,9,10);4H,1-3,7H2,(H,11,12)(H4,8,9,10)/t2*4-/m00/s1. The molecule has 0 heterocycles. The van der Waals surface area contributed by atoms with Crippen LogP contribution in [0.3, 0.4) is 0 Å². The van der Waals surface area contributed by atoms with Gasteiger partial charge in [-0.15, -0.1) is 0 Å². The van der Waals surface area contributed by atoms with Crippen LogP contribution in [0, 0.1) is 0 Å².